The first kappa shape index (κ1) is 18.0. The summed E-state index contributed by atoms with van der Waals surface area (Å²) in [4.78, 5) is 17.7. The van der Waals surface area contributed by atoms with E-state index < -0.39 is 0 Å². The van der Waals surface area contributed by atoms with E-state index in [-0.39, 0.29) is 5.91 Å². The Kier molecular flexibility index (Phi) is 5.20. The zero-order chi connectivity index (χ0) is 19.3. The van der Waals surface area contributed by atoms with E-state index in [0.717, 1.165) is 29.4 Å². The second-order valence-electron chi connectivity index (χ2n) is 6.98. The zero-order valence-electron chi connectivity index (χ0n) is 15.5. The highest BCUT2D eigenvalue weighted by molar-refractivity contribution is 6.12. The molecule has 1 aliphatic carbocycles. The number of hydrogen-bond acceptors (Lipinski definition) is 4. The van der Waals surface area contributed by atoms with Crippen LogP contribution in [-0.2, 0) is 0 Å². The molecule has 1 aromatic heterocycles. The molecule has 1 N–H and O–H groups in total. The monoisotopic (exact) mass is 371 g/mol. The van der Waals surface area contributed by atoms with E-state index in [4.69, 9.17) is 15.0 Å². The van der Waals surface area contributed by atoms with Crippen molar-refractivity contribution in [2.24, 2.45) is 0 Å². The molecule has 1 saturated carbocycles. The number of para-hydroxylation sites is 1. The molecule has 1 heterocycles. The standard InChI is InChI=1S/C23H21N3O2/c24-12-3-4-13-28-18-7-5-6-17(14-18)25-23(27)20-15-22(16-10-11-16)26-21-9-2-1-8-19(20)21/h1-2,5-9,14-16H,3-4,10-11,13H2,(H,25,27). The maximum Gasteiger partial charge on any atom is 0.256 e. The van der Waals surface area contributed by atoms with Gasteiger partial charge in [-0.3, -0.25) is 9.78 Å². The summed E-state index contributed by atoms with van der Waals surface area (Å²) in [5, 5.41) is 12.4. The summed E-state index contributed by atoms with van der Waals surface area (Å²) in [6, 6.07) is 19.1. The lowest BCUT2D eigenvalue weighted by Crippen LogP contribution is -2.13. The second-order valence-corrected chi connectivity index (χ2v) is 6.98. The van der Waals surface area contributed by atoms with Gasteiger partial charge in [0.05, 0.1) is 23.8 Å². The maximum absolute atomic E-state index is 13.0. The number of nitrogens with zero attached hydrogens (tertiary/aromatic N) is 2. The van der Waals surface area contributed by atoms with Crippen LogP contribution in [0.4, 0.5) is 5.69 Å². The molecular weight excluding hydrogens is 350 g/mol. The van der Waals surface area contributed by atoms with Gasteiger partial charge in [0.1, 0.15) is 5.75 Å². The maximum atomic E-state index is 13.0. The predicted molar refractivity (Wildman–Crippen MR) is 108 cm³/mol. The lowest BCUT2D eigenvalue weighted by Gasteiger charge is -2.11. The first-order valence-corrected chi connectivity index (χ1v) is 9.55. The van der Waals surface area contributed by atoms with Crippen LogP contribution in [0.25, 0.3) is 10.9 Å². The van der Waals surface area contributed by atoms with Crippen molar-refractivity contribution in [3.8, 4) is 11.8 Å². The minimum atomic E-state index is -0.151. The molecule has 140 valence electrons. The van der Waals surface area contributed by atoms with Gasteiger partial charge in [0.25, 0.3) is 5.91 Å². The number of anilines is 1. The summed E-state index contributed by atoms with van der Waals surface area (Å²) >= 11 is 0. The van der Waals surface area contributed by atoms with Gasteiger partial charge in [-0.05, 0) is 43.5 Å². The highest BCUT2D eigenvalue weighted by atomic mass is 16.5. The number of benzene rings is 2. The Hall–Kier alpha value is -3.39. The number of pyridine rings is 1. The first-order valence-electron chi connectivity index (χ1n) is 9.55. The van der Waals surface area contributed by atoms with E-state index in [1.54, 1.807) is 6.07 Å². The van der Waals surface area contributed by atoms with Gasteiger partial charge in [0.15, 0.2) is 0 Å². The molecule has 3 aromatic rings. The van der Waals surface area contributed by atoms with E-state index in [9.17, 15) is 4.79 Å². The Bertz CT molecular complexity index is 1050. The molecule has 0 spiro atoms. The van der Waals surface area contributed by atoms with Crippen LogP contribution >= 0.6 is 0 Å². The fourth-order valence-corrected chi connectivity index (χ4v) is 3.18. The molecule has 0 atom stereocenters. The molecule has 0 radical (unpaired) electrons. The number of hydrogen-bond donors (Lipinski definition) is 1. The average Bonchev–Trinajstić information content (AvgIpc) is 3.56. The van der Waals surface area contributed by atoms with Crippen LogP contribution in [0.2, 0.25) is 0 Å². The Balaban J connectivity index is 1.55. The summed E-state index contributed by atoms with van der Waals surface area (Å²) < 4.78 is 5.65. The van der Waals surface area contributed by atoms with E-state index in [1.807, 2.05) is 48.5 Å². The normalized spacial score (nSPS) is 13.1. The van der Waals surface area contributed by atoms with Gasteiger partial charge in [-0.1, -0.05) is 24.3 Å². The fourth-order valence-electron chi connectivity index (χ4n) is 3.18. The second kappa shape index (κ2) is 8.10. The molecule has 1 aliphatic rings. The summed E-state index contributed by atoms with van der Waals surface area (Å²) in [7, 11) is 0. The van der Waals surface area contributed by atoms with Crippen LogP contribution in [0.15, 0.2) is 54.6 Å². The van der Waals surface area contributed by atoms with Gasteiger partial charge >= 0.3 is 0 Å². The number of aromatic nitrogens is 1. The van der Waals surface area contributed by atoms with Crippen molar-refractivity contribution in [1.82, 2.24) is 4.98 Å². The van der Waals surface area contributed by atoms with Gasteiger partial charge < -0.3 is 10.1 Å². The number of carbonyl (C=O) groups is 1. The number of unbranched alkanes of at least 4 members (excludes halogenated alkanes) is 1. The molecule has 1 amide bonds. The molecule has 5 heteroatoms. The largest absolute Gasteiger partial charge is 0.493 e. The van der Waals surface area contributed by atoms with Crippen molar-refractivity contribution in [2.45, 2.75) is 31.6 Å². The van der Waals surface area contributed by atoms with Crippen molar-refractivity contribution in [3.63, 3.8) is 0 Å². The van der Waals surface area contributed by atoms with Crippen LogP contribution in [0.5, 0.6) is 5.75 Å². The van der Waals surface area contributed by atoms with Crippen molar-refractivity contribution in [1.29, 1.82) is 5.26 Å². The van der Waals surface area contributed by atoms with Crippen molar-refractivity contribution in [3.05, 3.63) is 65.9 Å². The minimum Gasteiger partial charge on any atom is -0.493 e. The highest BCUT2D eigenvalue weighted by Gasteiger charge is 2.27. The summed E-state index contributed by atoms with van der Waals surface area (Å²) in [6.45, 7) is 0.477. The van der Waals surface area contributed by atoms with Crippen molar-refractivity contribution in [2.75, 3.05) is 11.9 Å². The molecule has 5 nitrogen and oxygen atoms in total. The summed E-state index contributed by atoms with van der Waals surface area (Å²) in [6.07, 6.45) is 3.42. The van der Waals surface area contributed by atoms with E-state index in [0.29, 0.717) is 42.4 Å². The number of ether oxygens (including phenoxy) is 1. The lowest BCUT2D eigenvalue weighted by atomic mass is 10.1. The molecule has 0 unspecified atom stereocenters. The molecular formula is C23H21N3O2. The zero-order valence-corrected chi connectivity index (χ0v) is 15.5. The number of rotatable bonds is 7. The van der Waals surface area contributed by atoms with E-state index in [1.165, 1.54) is 0 Å². The average molecular weight is 371 g/mol. The number of nitrogens with one attached hydrogen (secondary N) is 1. The Morgan fingerprint density at radius 1 is 1.18 bits per heavy atom. The minimum absolute atomic E-state index is 0.151. The van der Waals surface area contributed by atoms with Gasteiger partial charge in [0, 0.05) is 35.2 Å². The molecule has 4 rings (SSSR count). The molecule has 0 aliphatic heterocycles. The SMILES string of the molecule is N#CCCCOc1cccc(NC(=O)c2cc(C3CC3)nc3ccccc23)c1. The summed E-state index contributed by atoms with van der Waals surface area (Å²) in [5.74, 6) is 0.998. The van der Waals surface area contributed by atoms with E-state index >= 15 is 0 Å². The quantitative estimate of drug-likeness (QED) is 0.590. The molecule has 0 saturated heterocycles. The Morgan fingerprint density at radius 3 is 2.86 bits per heavy atom. The van der Waals surface area contributed by atoms with Crippen LogP contribution in [-0.4, -0.2) is 17.5 Å². The van der Waals surface area contributed by atoms with Gasteiger partial charge in [-0.15, -0.1) is 0 Å². The van der Waals surface area contributed by atoms with E-state index in [2.05, 4.69) is 11.4 Å². The molecule has 2 aromatic carbocycles. The first-order chi connectivity index (χ1) is 13.7. The van der Waals surface area contributed by atoms with Crippen molar-refractivity contribution >= 4 is 22.5 Å². The number of fused-ring (bicyclic) bond motifs is 1. The smallest absolute Gasteiger partial charge is 0.256 e. The van der Waals surface area contributed by atoms with Crippen LogP contribution in [0.3, 0.4) is 0 Å². The van der Waals surface area contributed by atoms with Gasteiger partial charge in [-0.25, -0.2) is 0 Å². The Morgan fingerprint density at radius 2 is 2.04 bits per heavy atom. The highest BCUT2D eigenvalue weighted by Crippen LogP contribution is 2.40. The number of amides is 1. The molecule has 28 heavy (non-hydrogen) atoms. The van der Waals surface area contributed by atoms with Gasteiger partial charge in [0.2, 0.25) is 0 Å². The molecule has 0 bridgehead atoms. The van der Waals surface area contributed by atoms with Crippen LogP contribution in [0, 0.1) is 11.3 Å². The topological polar surface area (TPSA) is 75.0 Å². The third-order valence-electron chi connectivity index (χ3n) is 4.77. The number of carbonyl (C=O) groups excluding carboxylic acids is 1. The third-order valence-corrected chi connectivity index (χ3v) is 4.77. The van der Waals surface area contributed by atoms with Crippen LogP contribution < -0.4 is 10.1 Å². The Labute approximate surface area is 164 Å². The predicted octanol–water partition coefficient (Wildman–Crippen LogP) is 5.05. The number of nitriles is 1. The lowest BCUT2D eigenvalue weighted by molar-refractivity contribution is 0.102. The van der Waals surface area contributed by atoms with Crippen LogP contribution in [0.1, 0.15) is 47.7 Å². The summed E-state index contributed by atoms with van der Waals surface area (Å²) in [5.41, 5.74) is 3.18. The fraction of sp³-hybridized carbons (Fsp3) is 0.261. The third kappa shape index (κ3) is 4.12. The molecule has 1 fully saturated rings. The van der Waals surface area contributed by atoms with Gasteiger partial charge in [-0.2, -0.15) is 5.26 Å². The van der Waals surface area contributed by atoms with Crippen molar-refractivity contribution < 1.29 is 9.53 Å².